The molecule has 0 bridgehead atoms. The second-order valence-electron chi connectivity index (χ2n) is 8.21. The molecule has 11 heteroatoms. The zero-order valence-corrected chi connectivity index (χ0v) is 21.0. The SMILES string of the molecule is CN=C/C(=C\N)c1cnc(NCCc2ccccc2)c(=O)n1CC(=O)NCc1cc(Cl)c2nc[nH]c2c1. The number of nitrogens with one attached hydrogen (secondary N) is 3. The molecule has 0 atom stereocenters. The molecule has 4 aromatic rings. The number of allylic oxidation sites excluding steroid dienone is 1. The Kier molecular flexibility index (Phi) is 8.32. The van der Waals surface area contributed by atoms with Crippen molar-refractivity contribution >= 4 is 46.1 Å². The Hall–Kier alpha value is -4.44. The molecule has 37 heavy (non-hydrogen) atoms. The highest BCUT2D eigenvalue weighted by molar-refractivity contribution is 6.35. The van der Waals surface area contributed by atoms with Crippen LogP contribution >= 0.6 is 11.6 Å². The summed E-state index contributed by atoms with van der Waals surface area (Å²) in [7, 11) is 1.59. The summed E-state index contributed by atoms with van der Waals surface area (Å²) in [6.07, 6.45) is 6.61. The van der Waals surface area contributed by atoms with Gasteiger partial charge in [-0.2, -0.15) is 0 Å². The number of nitrogens with two attached hydrogens (primary N) is 1. The normalized spacial score (nSPS) is 11.8. The van der Waals surface area contributed by atoms with Gasteiger partial charge in [0.05, 0.1) is 28.8 Å². The minimum Gasteiger partial charge on any atom is -0.404 e. The highest BCUT2D eigenvalue weighted by Gasteiger charge is 2.16. The lowest BCUT2D eigenvalue weighted by Gasteiger charge is -2.15. The number of fused-ring (bicyclic) bond motifs is 1. The lowest BCUT2D eigenvalue weighted by atomic mass is 10.1. The second kappa shape index (κ2) is 12.0. The number of nitrogens with zero attached hydrogens (tertiary/aromatic N) is 4. The number of aromatic amines is 1. The molecule has 2 aromatic heterocycles. The van der Waals surface area contributed by atoms with Gasteiger partial charge in [0.15, 0.2) is 5.82 Å². The highest BCUT2D eigenvalue weighted by Crippen LogP contribution is 2.22. The smallest absolute Gasteiger partial charge is 0.294 e. The number of aliphatic imine (C=N–C) groups is 1. The molecule has 0 aliphatic carbocycles. The van der Waals surface area contributed by atoms with Crippen molar-refractivity contribution in [2.24, 2.45) is 10.7 Å². The summed E-state index contributed by atoms with van der Waals surface area (Å²) in [5, 5.41) is 6.41. The second-order valence-corrected chi connectivity index (χ2v) is 8.62. The number of hydrogen-bond donors (Lipinski definition) is 4. The molecule has 10 nitrogen and oxygen atoms in total. The van der Waals surface area contributed by atoms with E-state index in [4.69, 9.17) is 17.3 Å². The summed E-state index contributed by atoms with van der Waals surface area (Å²) in [6.45, 7) is 0.491. The van der Waals surface area contributed by atoms with E-state index in [0.29, 0.717) is 34.8 Å². The summed E-state index contributed by atoms with van der Waals surface area (Å²) in [5.41, 5.74) is 9.54. The number of carbonyl (C=O) groups excluding carboxylic acids is 1. The molecule has 1 amide bonds. The van der Waals surface area contributed by atoms with Crippen LogP contribution in [0.15, 0.2) is 71.0 Å². The first kappa shape index (κ1) is 25.6. The predicted octanol–water partition coefficient (Wildman–Crippen LogP) is 2.74. The van der Waals surface area contributed by atoms with E-state index in [-0.39, 0.29) is 24.8 Å². The van der Waals surface area contributed by atoms with Crippen molar-refractivity contribution in [1.82, 2.24) is 24.8 Å². The molecule has 2 heterocycles. The largest absolute Gasteiger partial charge is 0.404 e. The zero-order chi connectivity index (χ0) is 26.2. The number of H-pyrrole nitrogens is 1. The number of halogens is 1. The van der Waals surface area contributed by atoms with E-state index in [2.05, 4.69) is 30.6 Å². The van der Waals surface area contributed by atoms with Crippen molar-refractivity contribution < 1.29 is 4.79 Å². The van der Waals surface area contributed by atoms with E-state index in [1.54, 1.807) is 19.4 Å². The van der Waals surface area contributed by atoms with Gasteiger partial charge in [-0.15, -0.1) is 0 Å². The van der Waals surface area contributed by atoms with E-state index in [9.17, 15) is 9.59 Å². The van der Waals surface area contributed by atoms with E-state index >= 15 is 0 Å². The number of hydrogen-bond acceptors (Lipinski definition) is 7. The third-order valence-corrected chi connectivity index (χ3v) is 5.96. The monoisotopic (exact) mass is 518 g/mol. The summed E-state index contributed by atoms with van der Waals surface area (Å²) < 4.78 is 1.33. The van der Waals surface area contributed by atoms with Crippen molar-refractivity contribution in [3.63, 3.8) is 0 Å². The van der Waals surface area contributed by atoms with Crippen LogP contribution in [0.5, 0.6) is 0 Å². The van der Waals surface area contributed by atoms with Gasteiger partial charge in [0.1, 0.15) is 12.1 Å². The van der Waals surface area contributed by atoms with Crippen LogP contribution in [0.25, 0.3) is 16.6 Å². The molecule has 5 N–H and O–H groups in total. The molecule has 0 saturated carbocycles. The summed E-state index contributed by atoms with van der Waals surface area (Å²) >= 11 is 6.28. The lowest BCUT2D eigenvalue weighted by Crippen LogP contribution is -2.35. The van der Waals surface area contributed by atoms with Crippen LogP contribution in [-0.2, 0) is 24.3 Å². The summed E-state index contributed by atoms with van der Waals surface area (Å²) in [6, 6.07) is 13.5. The number of anilines is 1. The van der Waals surface area contributed by atoms with Gasteiger partial charge >= 0.3 is 0 Å². The minimum absolute atomic E-state index is 0.147. The molecule has 0 spiro atoms. The topological polar surface area (TPSA) is 143 Å². The third-order valence-electron chi connectivity index (χ3n) is 5.68. The summed E-state index contributed by atoms with van der Waals surface area (Å²) in [4.78, 5) is 41.7. The fraction of sp³-hybridized carbons (Fsp3) is 0.192. The van der Waals surface area contributed by atoms with Crippen LogP contribution in [0.2, 0.25) is 5.02 Å². The van der Waals surface area contributed by atoms with Crippen LogP contribution in [0.4, 0.5) is 5.82 Å². The molecule has 0 aliphatic rings. The fourth-order valence-corrected chi connectivity index (χ4v) is 4.16. The number of carbonyl (C=O) groups is 1. The predicted molar refractivity (Wildman–Crippen MR) is 147 cm³/mol. The van der Waals surface area contributed by atoms with E-state index in [1.807, 2.05) is 36.4 Å². The van der Waals surface area contributed by atoms with Crippen LogP contribution < -0.4 is 21.9 Å². The van der Waals surface area contributed by atoms with Crippen molar-refractivity contribution in [2.75, 3.05) is 18.9 Å². The molecular formula is C26H27ClN8O2. The van der Waals surface area contributed by atoms with Gasteiger partial charge in [0.25, 0.3) is 5.56 Å². The maximum Gasteiger partial charge on any atom is 0.294 e. The Labute approximate surface area is 218 Å². The van der Waals surface area contributed by atoms with E-state index in [0.717, 1.165) is 16.6 Å². The molecule has 190 valence electrons. The lowest BCUT2D eigenvalue weighted by molar-refractivity contribution is -0.121. The highest BCUT2D eigenvalue weighted by atomic mass is 35.5. The van der Waals surface area contributed by atoms with Crippen molar-refractivity contribution in [3.8, 4) is 0 Å². The molecular weight excluding hydrogens is 492 g/mol. The first-order valence-corrected chi connectivity index (χ1v) is 12.0. The van der Waals surface area contributed by atoms with Gasteiger partial charge in [0.2, 0.25) is 5.91 Å². The van der Waals surface area contributed by atoms with Crippen molar-refractivity contribution in [1.29, 1.82) is 0 Å². The Morgan fingerprint density at radius 2 is 2.03 bits per heavy atom. The number of amides is 1. The Morgan fingerprint density at radius 1 is 1.22 bits per heavy atom. The van der Waals surface area contributed by atoms with Crippen LogP contribution in [0, 0.1) is 0 Å². The minimum atomic E-state index is -0.438. The van der Waals surface area contributed by atoms with E-state index in [1.165, 1.54) is 23.2 Å². The van der Waals surface area contributed by atoms with Crippen LogP contribution in [0.3, 0.4) is 0 Å². The standard InChI is InChI=1S/C26H27ClN8O2/c1-29-13-19(11-28)22-14-32-25(30-8-7-17-5-3-2-4-6-17)26(37)35(22)15-23(36)31-12-18-9-20(27)24-21(10-18)33-16-34-24/h2-6,9-11,13-14,16H,7-8,12,15,28H2,1H3,(H,30,32)(H,31,36)(H,33,34)/b19-11+,29-13?. The molecule has 0 radical (unpaired) electrons. The molecule has 0 unspecified atom stereocenters. The Balaban J connectivity index is 1.52. The van der Waals surface area contributed by atoms with Crippen LogP contribution in [0.1, 0.15) is 16.8 Å². The summed E-state index contributed by atoms with van der Waals surface area (Å²) in [5.74, 6) is -0.218. The molecule has 0 aliphatic heterocycles. The molecule has 2 aromatic carbocycles. The van der Waals surface area contributed by atoms with Crippen molar-refractivity contribution in [2.45, 2.75) is 19.5 Å². The van der Waals surface area contributed by atoms with Crippen LogP contribution in [-0.4, -0.2) is 45.2 Å². The number of benzene rings is 2. The average Bonchev–Trinajstić information content (AvgIpc) is 3.38. The quantitative estimate of drug-likeness (QED) is 0.238. The molecule has 0 fully saturated rings. The first-order chi connectivity index (χ1) is 18.0. The fourth-order valence-electron chi connectivity index (χ4n) is 3.87. The maximum absolute atomic E-state index is 13.3. The van der Waals surface area contributed by atoms with Gasteiger partial charge in [-0.1, -0.05) is 41.9 Å². The average molecular weight is 519 g/mol. The maximum atomic E-state index is 13.3. The number of aromatic nitrogens is 4. The van der Waals surface area contributed by atoms with Gasteiger partial charge in [-0.05, 0) is 29.7 Å². The first-order valence-electron chi connectivity index (χ1n) is 11.6. The molecule has 4 rings (SSSR count). The van der Waals surface area contributed by atoms with Gasteiger partial charge in [-0.25, -0.2) is 9.97 Å². The number of imidazole rings is 1. The zero-order valence-electron chi connectivity index (χ0n) is 20.2. The Morgan fingerprint density at radius 3 is 2.78 bits per heavy atom. The van der Waals surface area contributed by atoms with E-state index < -0.39 is 5.56 Å². The third kappa shape index (κ3) is 6.22. The molecule has 0 saturated heterocycles. The van der Waals surface area contributed by atoms with Gasteiger partial charge < -0.3 is 21.4 Å². The Bertz CT molecular complexity index is 1510. The van der Waals surface area contributed by atoms with Crippen molar-refractivity contribution in [3.05, 3.63) is 93.4 Å². The van der Waals surface area contributed by atoms with Gasteiger partial charge in [0, 0.05) is 38.1 Å². The van der Waals surface area contributed by atoms with Gasteiger partial charge in [-0.3, -0.25) is 19.1 Å². The number of rotatable bonds is 10.